The maximum atomic E-state index is 4.80. The summed E-state index contributed by atoms with van der Waals surface area (Å²) in [5, 5.41) is 6.57. The van der Waals surface area contributed by atoms with Gasteiger partial charge in [0.05, 0.1) is 14.2 Å². The molecule has 2 aromatic heterocycles. The van der Waals surface area contributed by atoms with Crippen LogP contribution in [-0.4, -0.2) is 34.5 Å². The Labute approximate surface area is 223 Å². The zero-order chi connectivity index (χ0) is 25.8. The summed E-state index contributed by atoms with van der Waals surface area (Å²) in [6.45, 7) is 0. The van der Waals surface area contributed by atoms with Crippen LogP contribution in [0.25, 0.3) is 12.2 Å². The van der Waals surface area contributed by atoms with Gasteiger partial charge in [-0.2, -0.15) is 0 Å². The highest BCUT2D eigenvalue weighted by Crippen LogP contribution is 2.06. The molecule has 4 aromatic rings. The zero-order valence-corrected chi connectivity index (χ0v) is 21.7. The lowest BCUT2D eigenvalue weighted by molar-refractivity contribution is 0.413. The first-order chi connectivity index (χ1) is 17.6. The van der Waals surface area contributed by atoms with Crippen molar-refractivity contribution in [3.8, 4) is 0 Å². The first-order valence-corrected chi connectivity index (χ1v) is 11.7. The molecule has 2 N–H and O–H groups in total. The fourth-order valence-electron chi connectivity index (χ4n) is 2.52. The van der Waals surface area contributed by atoms with Crippen molar-refractivity contribution in [3.63, 3.8) is 0 Å². The van der Waals surface area contributed by atoms with Gasteiger partial charge in [0, 0.05) is 36.2 Å². The smallest absolute Gasteiger partial charge is 0.260 e. The van der Waals surface area contributed by atoms with Crippen molar-refractivity contribution in [2.45, 2.75) is 0 Å². The van der Waals surface area contributed by atoms with Gasteiger partial charge >= 0.3 is 0 Å². The fourth-order valence-corrected chi connectivity index (χ4v) is 2.76. The topological polar surface area (TPSA) is 68.3 Å². The molecule has 184 valence electrons. The lowest BCUT2D eigenvalue weighted by atomic mass is 10.2. The molecule has 0 bridgehead atoms. The Morgan fingerprint density at radius 1 is 0.583 bits per heavy atom. The highest BCUT2D eigenvalue weighted by atomic mass is 32.1. The molecule has 8 heteroatoms. The maximum Gasteiger partial charge on any atom is 0.260 e. The van der Waals surface area contributed by atoms with E-state index in [1.54, 1.807) is 24.8 Å². The first kappa shape index (κ1) is 28.1. The van der Waals surface area contributed by atoms with Crippen LogP contribution in [0.15, 0.2) is 110 Å². The van der Waals surface area contributed by atoms with Gasteiger partial charge in [-0.1, -0.05) is 48.6 Å². The molecule has 0 spiro atoms. The molecular formula is C28H28N4O2S2. The minimum Gasteiger partial charge on any atom is -0.474 e. The number of rotatable bonds is 4. The number of hydrogen-bond acceptors (Lipinski definition) is 6. The third kappa shape index (κ3) is 12.4. The van der Waals surface area contributed by atoms with Crippen LogP contribution in [0, 0.1) is 0 Å². The Kier molecular flexibility index (Phi) is 13.5. The Morgan fingerprint density at radius 3 is 1.22 bits per heavy atom. The molecule has 2 aromatic carbocycles. The summed E-state index contributed by atoms with van der Waals surface area (Å²) >= 11 is 9.61. The van der Waals surface area contributed by atoms with Crippen molar-refractivity contribution in [1.82, 2.24) is 9.97 Å². The van der Waals surface area contributed by atoms with E-state index in [9.17, 15) is 0 Å². The van der Waals surface area contributed by atoms with Crippen molar-refractivity contribution in [2.75, 3.05) is 24.9 Å². The van der Waals surface area contributed by atoms with Crippen molar-refractivity contribution in [2.24, 2.45) is 0 Å². The molecular weight excluding hydrogens is 488 g/mol. The van der Waals surface area contributed by atoms with Crippen molar-refractivity contribution < 1.29 is 9.47 Å². The van der Waals surface area contributed by atoms with E-state index in [-0.39, 0.29) is 0 Å². The van der Waals surface area contributed by atoms with Gasteiger partial charge in [0.1, 0.15) is 0 Å². The normalized spacial score (nSPS) is 9.50. The highest BCUT2D eigenvalue weighted by molar-refractivity contribution is 7.80. The molecule has 0 fully saturated rings. The van der Waals surface area contributed by atoms with E-state index < -0.39 is 0 Å². The number of pyridine rings is 2. The average Bonchev–Trinajstić information content (AvgIpc) is 2.95. The van der Waals surface area contributed by atoms with E-state index in [1.807, 2.05) is 84.9 Å². The number of hydrogen-bond donors (Lipinski definition) is 2. The minimum absolute atomic E-state index is 0.385. The second kappa shape index (κ2) is 17.3. The number of aromatic nitrogens is 2. The monoisotopic (exact) mass is 516 g/mol. The molecule has 4 rings (SSSR count). The van der Waals surface area contributed by atoms with Crippen LogP contribution in [0.3, 0.4) is 0 Å². The van der Waals surface area contributed by atoms with Crippen LogP contribution < -0.4 is 10.6 Å². The third-order valence-electron chi connectivity index (χ3n) is 4.29. The first-order valence-electron chi connectivity index (χ1n) is 10.9. The second-order valence-corrected chi connectivity index (χ2v) is 7.60. The molecule has 36 heavy (non-hydrogen) atoms. The van der Waals surface area contributed by atoms with Gasteiger partial charge in [-0.3, -0.25) is 9.97 Å². The van der Waals surface area contributed by atoms with Crippen LogP contribution in [0.1, 0.15) is 11.1 Å². The summed E-state index contributed by atoms with van der Waals surface area (Å²) in [5.74, 6) is 0. The highest BCUT2D eigenvalue weighted by Gasteiger charge is 1.93. The fraction of sp³-hybridized carbons (Fsp3) is 0.0714. The molecule has 2 heterocycles. The molecule has 0 saturated carbocycles. The molecule has 0 radical (unpaired) electrons. The number of anilines is 2. The molecule has 0 atom stereocenters. The number of nitrogens with one attached hydrogen (secondary N) is 2. The van der Waals surface area contributed by atoms with Gasteiger partial charge in [-0.25, -0.2) is 0 Å². The predicted octanol–water partition coefficient (Wildman–Crippen LogP) is 6.71. The van der Waals surface area contributed by atoms with Crippen LogP contribution in [-0.2, 0) is 9.47 Å². The van der Waals surface area contributed by atoms with E-state index in [0.717, 1.165) is 22.5 Å². The van der Waals surface area contributed by atoms with Crippen molar-refractivity contribution >= 4 is 58.3 Å². The lowest BCUT2D eigenvalue weighted by Crippen LogP contribution is -2.09. The molecule has 0 amide bonds. The minimum atomic E-state index is 0.385. The number of methoxy groups -OCH3 is 2. The van der Waals surface area contributed by atoms with E-state index in [1.165, 1.54) is 14.2 Å². The average molecular weight is 517 g/mol. The van der Waals surface area contributed by atoms with Gasteiger partial charge < -0.3 is 20.1 Å². The standard InChI is InChI=1S/C12H10N2.2C8H9NOS/c1(11-3-7-13-8-4-11)2-12-5-9-14-10-6-12;2*1-10-8(11)9-7-5-3-2-4-6-7/h1-10H;2*2-6H,1H3,(H,9,11)/b2-1+;;. The number of thiocarbonyl (C=S) groups is 2. The quantitative estimate of drug-likeness (QED) is 0.290. The maximum absolute atomic E-state index is 4.80. The Bertz CT molecular complexity index is 1080. The van der Waals surface area contributed by atoms with Gasteiger partial charge in [0.15, 0.2) is 0 Å². The lowest BCUT2D eigenvalue weighted by Gasteiger charge is -2.04. The Balaban J connectivity index is 0.000000193. The summed E-state index contributed by atoms with van der Waals surface area (Å²) in [4.78, 5) is 7.91. The number of nitrogens with zero attached hydrogens (tertiary/aromatic N) is 2. The van der Waals surface area contributed by atoms with E-state index >= 15 is 0 Å². The molecule has 0 aliphatic carbocycles. The van der Waals surface area contributed by atoms with Gasteiger partial charge in [0.25, 0.3) is 10.3 Å². The largest absolute Gasteiger partial charge is 0.474 e. The van der Waals surface area contributed by atoms with Crippen molar-refractivity contribution in [1.29, 1.82) is 0 Å². The van der Waals surface area contributed by atoms with Crippen LogP contribution in [0.5, 0.6) is 0 Å². The molecule has 0 aliphatic heterocycles. The van der Waals surface area contributed by atoms with Crippen LogP contribution in [0.2, 0.25) is 0 Å². The molecule has 0 saturated heterocycles. The number of para-hydroxylation sites is 2. The SMILES string of the molecule is C(=C\c1ccncc1)/c1ccncc1.COC(=S)Nc1ccccc1.COC(=S)Nc1ccccc1. The van der Waals surface area contributed by atoms with E-state index in [2.05, 4.69) is 32.8 Å². The molecule has 0 unspecified atom stereocenters. The van der Waals surface area contributed by atoms with E-state index in [0.29, 0.717) is 10.3 Å². The zero-order valence-electron chi connectivity index (χ0n) is 20.1. The third-order valence-corrected chi connectivity index (χ3v) is 4.83. The van der Waals surface area contributed by atoms with Crippen LogP contribution >= 0.6 is 24.4 Å². The molecule has 0 aliphatic rings. The number of benzene rings is 2. The van der Waals surface area contributed by atoms with Gasteiger partial charge in [-0.05, 0) is 84.1 Å². The van der Waals surface area contributed by atoms with Gasteiger partial charge in [0.2, 0.25) is 0 Å². The van der Waals surface area contributed by atoms with Crippen molar-refractivity contribution in [3.05, 3.63) is 121 Å². The van der Waals surface area contributed by atoms with Gasteiger partial charge in [-0.15, -0.1) is 0 Å². The van der Waals surface area contributed by atoms with Crippen LogP contribution in [0.4, 0.5) is 11.4 Å². The molecule has 6 nitrogen and oxygen atoms in total. The summed E-state index contributed by atoms with van der Waals surface area (Å²) in [6.07, 6.45) is 11.2. The van der Waals surface area contributed by atoms with E-state index in [4.69, 9.17) is 33.9 Å². The summed E-state index contributed by atoms with van der Waals surface area (Å²) in [7, 11) is 3.08. The summed E-state index contributed by atoms with van der Waals surface area (Å²) < 4.78 is 9.55. The Morgan fingerprint density at radius 2 is 0.917 bits per heavy atom. The number of ether oxygens (including phenoxy) is 2. The summed E-state index contributed by atoms with van der Waals surface area (Å²) in [6, 6.07) is 27.2. The second-order valence-electron chi connectivity index (χ2n) is 6.86. The summed E-state index contributed by atoms with van der Waals surface area (Å²) in [5.41, 5.74) is 4.19. The predicted molar refractivity (Wildman–Crippen MR) is 157 cm³/mol. The Hall–Kier alpha value is -4.14.